The summed E-state index contributed by atoms with van der Waals surface area (Å²) in [4.78, 5) is 17.8. The van der Waals surface area contributed by atoms with E-state index >= 15 is 0 Å². The van der Waals surface area contributed by atoms with Crippen molar-refractivity contribution in [2.24, 2.45) is 7.05 Å². The number of carbonyl (C=O) groups is 1. The van der Waals surface area contributed by atoms with E-state index in [4.69, 9.17) is 5.73 Å². The summed E-state index contributed by atoms with van der Waals surface area (Å²) in [5, 5.41) is 4.08. The summed E-state index contributed by atoms with van der Waals surface area (Å²) in [5.74, 6) is 0.0149. The predicted molar refractivity (Wildman–Crippen MR) is 72.0 cm³/mol. The molecule has 100 valence electrons. The second kappa shape index (κ2) is 5.51. The molecule has 0 aliphatic carbocycles. The average Bonchev–Trinajstić information content (AvgIpc) is 2.77. The number of nitrogens with zero attached hydrogens (tertiary/aromatic N) is 4. The Balaban J connectivity index is 1.94. The number of anilines is 1. The number of hydrogen-bond donors (Lipinski definition) is 1. The molecule has 0 atom stereocenters. The number of hydrogen-bond acceptors (Lipinski definition) is 4. The maximum Gasteiger partial charge on any atom is 0.228 e. The molecule has 0 aliphatic heterocycles. The van der Waals surface area contributed by atoms with Gasteiger partial charge in [-0.3, -0.25) is 14.5 Å². The number of aromatic nitrogens is 3. The van der Waals surface area contributed by atoms with Gasteiger partial charge in [-0.15, -0.1) is 0 Å². The molecule has 0 unspecified atom stereocenters. The molecule has 0 saturated carbocycles. The van der Waals surface area contributed by atoms with E-state index in [1.165, 1.54) is 0 Å². The zero-order chi connectivity index (χ0) is 13.8. The summed E-state index contributed by atoms with van der Waals surface area (Å²) in [6.07, 6.45) is 5.48. The fraction of sp³-hybridized carbons (Fsp3) is 0.308. The highest BCUT2D eigenvalue weighted by Crippen LogP contribution is 2.06. The largest absolute Gasteiger partial charge is 0.397 e. The van der Waals surface area contributed by atoms with Crippen LogP contribution in [0.3, 0.4) is 0 Å². The number of amides is 1. The fourth-order valence-corrected chi connectivity index (χ4v) is 1.75. The van der Waals surface area contributed by atoms with Gasteiger partial charge in [-0.1, -0.05) is 0 Å². The highest BCUT2D eigenvalue weighted by Gasteiger charge is 2.11. The van der Waals surface area contributed by atoms with Gasteiger partial charge in [0.05, 0.1) is 24.5 Å². The first-order chi connectivity index (χ1) is 9.04. The lowest BCUT2D eigenvalue weighted by molar-refractivity contribution is -0.129. The van der Waals surface area contributed by atoms with Gasteiger partial charge in [-0.05, 0) is 12.1 Å². The van der Waals surface area contributed by atoms with Crippen molar-refractivity contribution in [3.05, 3.63) is 42.0 Å². The molecule has 0 radical (unpaired) electrons. The molecule has 0 bridgehead atoms. The lowest BCUT2D eigenvalue weighted by atomic mass is 10.2. The summed E-state index contributed by atoms with van der Waals surface area (Å²) in [5.41, 5.74) is 7.87. The van der Waals surface area contributed by atoms with E-state index in [9.17, 15) is 4.79 Å². The molecule has 2 aromatic rings. The lowest BCUT2D eigenvalue weighted by Crippen LogP contribution is -2.27. The Morgan fingerprint density at radius 2 is 2.21 bits per heavy atom. The molecule has 19 heavy (non-hydrogen) atoms. The van der Waals surface area contributed by atoms with Gasteiger partial charge in [-0.25, -0.2) is 0 Å². The maximum atomic E-state index is 12.0. The molecule has 1 amide bonds. The van der Waals surface area contributed by atoms with Gasteiger partial charge >= 0.3 is 0 Å². The molecule has 2 aromatic heterocycles. The second-order valence-electron chi connectivity index (χ2n) is 4.53. The van der Waals surface area contributed by atoms with E-state index in [0.717, 1.165) is 11.3 Å². The number of likely N-dealkylation sites (N-methyl/N-ethyl adjacent to an activating group) is 1. The van der Waals surface area contributed by atoms with E-state index < -0.39 is 0 Å². The highest BCUT2D eigenvalue weighted by molar-refractivity contribution is 5.78. The lowest BCUT2D eigenvalue weighted by Gasteiger charge is -2.15. The molecule has 0 aromatic carbocycles. The van der Waals surface area contributed by atoms with E-state index in [-0.39, 0.29) is 12.3 Å². The molecule has 0 saturated heterocycles. The quantitative estimate of drug-likeness (QED) is 0.872. The molecule has 2 heterocycles. The van der Waals surface area contributed by atoms with Gasteiger partial charge in [0.15, 0.2) is 0 Å². The van der Waals surface area contributed by atoms with Crippen molar-refractivity contribution in [3.63, 3.8) is 0 Å². The molecular weight excluding hydrogens is 242 g/mol. The summed E-state index contributed by atoms with van der Waals surface area (Å²) in [6.45, 7) is 0.543. The standard InChI is InChI=1S/C13H17N5O/c1-17(8-10-6-16-18(2)9-10)13(19)5-12-4-3-11(14)7-15-12/h3-4,6-7,9H,5,8,14H2,1-2H3. The molecule has 0 fully saturated rings. The fourth-order valence-electron chi connectivity index (χ4n) is 1.75. The molecule has 0 spiro atoms. The molecule has 2 rings (SSSR count). The van der Waals surface area contributed by atoms with Gasteiger partial charge in [0.1, 0.15) is 0 Å². The topological polar surface area (TPSA) is 77.0 Å². The third-order valence-electron chi connectivity index (χ3n) is 2.78. The van der Waals surface area contributed by atoms with Crippen molar-refractivity contribution in [1.29, 1.82) is 0 Å². The molecular formula is C13H17N5O. The van der Waals surface area contributed by atoms with Crippen LogP contribution in [0.4, 0.5) is 5.69 Å². The molecule has 2 N–H and O–H groups in total. The summed E-state index contributed by atoms with van der Waals surface area (Å²) < 4.78 is 1.72. The van der Waals surface area contributed by atoms with E-state index in [1.807, 2.05) is 13.2 Å². The summed E-state index contributed by atoms with van der Waals surface area (Å²) >= 11 is 0. The van der Waals surface area contributed by atoms with E-state index in [2.05, 4.69) is 10.1 Å². The maximum absolute atomic E-state index is 12.0. The van der Waals surface area contributed by atoms with Gasteiger partial charge in [0, 0.05) is 38.1 Å². The Morgan fingerprint density at radius 3 is 2.79 bits per heavy atom. The summed E-state index contributed by atoms with van der Waals surface area (Å²) in [7, 11) is 3.62. The number of nitrogen functional groups attached to an aromatic ring is 1. The first kappa shape index (κ1) is 13.1. The minimum absolute atomic E-state index is 0.0149. The van der Waals surface area contributed by atoms with E-state index in [1.54, 1.807) is 41.2 Å². The van der Waals surface area contributed by atoms with Crippen molar-refractivity contribution >= 4 is 11.6 Å². The van der Waals surface area contributed by atoms with Crippen LogP contribution in [0.1, 0.15) is 11.3 Å². The van der Waals surface area contributed by atoms with Crippen LogP contribution < -0.4 is 5.73 Å². The Hall–Kier alpha value is -2.37. The third-order valence-corrected chi connectivity index (χ3v) is 2.78. The number of aryl methyl sites for hydroxylation is 1. The Labute approximate surface area is 111 Å². The van der Waals surface area contributed by atoms with Crippen LogP contribution in [0.5, 0.6) is 0 Å². The third kappa shape index (κ3) is 3.54. The Bertz CT molecular complexity index is 561. The van der Waals surface area contributed by atoms with Gasteiger partial charge < -0.3 is 10.6 Å². The highest BCUT2D eigenvalue weighted by atomic mass is 16.2. The summed E-state index contributed by atoms with van der Waals surface area (Å²) in [6, 6.07) is 3.52. The normalized spacial score (nSPS) is 10.4. The van der Waals surface area contributed by atoms with Crippen LogP contribution >= 0.6 is 0 Å². The number of pyridine rings is 1. The SMILES string of the molecule is CN(Cc1cnn(C)c1)C(=O)Cc1ccc(N)cn1. The Kier molecular flexibility index (Phi) is 3.79. The van der Waals surface area contributed by atoms with Crippen LogP contribution in [0.2, 0.25) is 0 Å². The number of carbonyl (C=O) groups excluding carboxylic acids is 1. The minimum Gasteiger partial charge on any atom is -0.397 e. The molecule has 6 heteroatoms. The van der Waals surface area contributed by atoms with Crippen LogP contribution in [0.15, 0.2) is 30.7 Å². The number of rotatable bonds is 4. The van der Waals surface area contributed by atoms with Crippen molar-refractivity contribution in [3.8, 4) is 0 Å². The zero-order valence-corrected chi connectivity index (χ0v) is 11.1. The minimum atomic E-state index is 0.0149. The molecule has 6 nitrogen and oxygen atoms in total. The van der Waals surface area contributed by atoms with Crippen LogP contribution in [0, 0.1) is 0 Å². The number of nitrogens with two attached hydrogens (primary N) is 1. The van der Waals surface area contributed by atoms with Gasteiger partial charge in [-0.2, -0.15) is 5.10 Å². The smallest absolute Gasteiger partial charge is 0.228 e. The van der Waals surface area contributed by atoms with Crippen LogP contribution in [0.25, 0.3) is 0 Å². The average molecular weight is 259 g/mol. The zero-order valence-electron chi connectivity index (χ0n) is 11.1. The second-order valence-corrected chi connectivity index (χ2v) is 4.53. The predicted octanol–water partition coefficient (Wildman–Crippen LogP) is 0.598. The Morgan fingerprint density at radius 1 is 1.42 bits per heavy atom. The first-order valence-corrected chi connectivity index (χ1v) is 5.96. The van der Waals surface area contributed by atoms with E-state index in [0.29, 0.717) is 12.2 Å². The van der Waals surface area contributed by atoms with Gasteiger partial charge in [0.25, 0.3) is 0 Å². The van der Waals surface area contributed by atoms with Crippen molar-refractivity contribution in [2.75, 3.05) is 12.8 Å². The molecule has 0 aliphatic rings. The van der Waals surface area contributed by atoms with Gasteiger partial charge in [0.2, 0.25) is 5.91 Å². The van der Waals surface area contributed by atoms with Crippen LogP contribution in [-0.2, 0) is 24.8 Å². The van der Waals surface area contributed by atoms with Crippen molar-refractivity contribution in [1.82, 2.24) is 19.7 Å². The first-order valence-electron chi connectivity index (χ1n) is 5.96. The van der Waals surface area contributed by atoms with Crippen molar-refractivity contribution in [2.45, 2.75) is 13.0 Å². The monoisotopic (exact) mass is 259 g/mol. The van der Waals surface area contributed by atoms with Crippen LogP contribution in [-0.4, -0.2) is 32.6 Å². The van der Waals surface area contributed by atoms with Crippen molar-refractivity contribution < 1.29 is 4.79 Å².